The van der Waals surface area contributed by atoms with E-state index in [2.05, 4.69) is 50.9 Å². The number of ether oxygens (including phenoxy) is 1. The first kappa shape index (κ1) is 22.1. The Bertz CT molecular complexity index is 732. The Kier molecular flexibility index (Phi) is 7.84. The standard InChI is InChI=1S/C25H38N4O2/c1-26-25(27-17-21-13-8-16-31-23(21)19-9-4-2-5-10-19)28-22-14-15-29(18-22)24(30)20-11-6-3-7-12-20/h2,4-5,9-10,20-23H,3,6-8,11-18H2,1H3,(H2,26,27,28). The highest BCUT2D eigenvalue weighted by Crippen LogP contribution is 2.33. The molecule has 2 aliphatic heterocycles. The van der Waals surface area contributed by atoms with Crippen molar-refractivity contribution in [2.75, 3.05) is 33.3 Å². The van der Waals surface area contributed by atoms with Crippen molar-refractivity contribution < 1.29 is 9.53 Å². The topological polar surface area (TPSA) is 66.0 Å². The van der Waals surface area contributed by atoms with Crippen molar-refractivity contribution >= 4 is 11.9 Å². The van der Waals surface area contributed by atoms with E-state index in [0.29, 0.717) is 11.8 Å². The number of hydrogen-bond donors (Lipinski definition) is 2. The van der Waals surface area contributed by atoms with Crippen molar-refractivity contribution in [3.05, 3.63) is 35.9 Å². The molecular weight excluding hydrogens is 388 g/mol. The summed E-state index contributed by atoms with van der Waals surface area (Å²) in [5, 5.41) is 7.08. The molecule has 2 saturated heterocycles. The van der Waals surface area contributed by atoms with Gasteiger partial charge in [0.05, 0.1) is 6.10 Å². The third-order valence-corrected chi connectivity index (χ3v) is 7.12. The van der Waals surface area contributed by atoms with Gasteiger partial charge in [0.1, 0.15) is 0 Å². The molecule has 0 aromatic heterocycles. The Labute approximate surface area is 186 Å². The fourth-order valence-corrected chi connectivity index (χ4v) is 5.37. The summed E-state index contributed by atoms with van der Waals surface area (Å²) < 4.78 is 6.13. The second-order valence-corrected chi connectivity index (χ2v) is 9.31. The first-order valence-corrected chi connectivity index (χ1v) is 12.2. The Morgan fingerprint density at radius 3 is 2.68 bits per heavy atom. The van der Waals surface area contributed by atoms with Crippen LogP contribution in [-0.4, -0.2) is 56.1 Å². The maximum absolute atomic E-state index is 12.8. The molecule has 1 aromatic rings. The fraction of sp³-hybridized carbons (Fsp3) is 0.680. The lowest BCUT2D eigenvalue weighted by Gasteiger charge is -2.33. The molecule has 1 amide bonds. The predicted molar refractivity (Wildman–Crippen MR) is 124 cm³/mol. The van der Waals surface area contributed by atoms with Crippen LogP contribution < -0.4 is 10.6 Å². The second-order valence-electron chi connectivity index (χ2n) is 9.31. The van der Waals surface area contributed by atoms with Crippen LogP contribution in [0.25, 0.3) is 0 Å². The summed E-state index contributed by atoms with van der Waals surface area (Å²) in [6, 6.07) is 10.8. The maximum Gasteiger partial charge on any atom is 0.225 e. The van der Waals surface area contributed by atoms with Crippen molar-refractivity contribution in [2.24, 2.45) is 16.8 Å². The molecule has 1 saturated carbocycles. The van der Waals surface area contributed by atoms with E-state index in [1.165, 1.54) is 24.8 Å². The molecule has 6 nitrogen and oxygen atoms in total. The van der Waals surface area contributed by atoms with Gasteiger partial charge in [0.2, 0.25) is 5.91 Å². The van der Waals surface area contributed by atoms with Crippen molar-refractivity contribution in [1.29, 1.82) is 0 Å². The van der Waals surface area contributed by atoms with E-state index in [4.69, 9.17) is 4.74 Å². The zero-order chi connectivity index (χ0) is 21.5. The summed E-state index contributed by atoms with van der Waals surface area (Å²) >= 11 is 0. The summed E-state index contributed by atoms with van der Waals surface area (Å²) in [4.78, 5) is 19.4. The number of benzene rings is 1. The lowest BCUT2D eigenvalue weighted by molar-refractivity contribution is -0.135. The smallest absolute Gasteiger partial charge is 0.225 e. The lowest BCUT2D eigenvalue weighted by Crippen LogP contribution is -2.47. The Balaban J connectivity index is 1.26. The Morgan fingerprint density at radius 1 is 1.10 bits per heavy atom. The van der Waals surface area contributed by atoms with Gasteiger partial charge >= 0.3 is 0 Å². The summed E-state index contributed by atoms with van der Waals surface area (Å²) in [5.41, 5.74) is 1.25. The van der Waals surface area contributed by atoms with Gasteiger partial charge in [0.25, 0.3) is 0 Å². The largest absolute Gasteiger partial charge is 0.373 e. The summed E-state index contributed by atoms with van der Waals surface area (Å²) in [5.74, 6) is 1.88. The number of carbonyl (C=O) groups excluding carboxylic acids is 1. The molecule has 0 bridgehead atoms. The minimum atomic E-state index is 0.135. The summed E-state index contributed by atoms with van der Waals surface area (Å²) in [6.45, 7) is 3.30. The molecule has 2 N–H and O–H groups in total. The molecule has 6 heteroatoms. The van der Waals surface area contributed by atoms with E-state index in [0.717, 1.165) is 64.3 Å². The monoisotopic (exact) mass is 426 g/mol. The minimum absolute atomic E-state index is 0.135. The third kappa shape index (κ3) is 5.79. The number of likely N-dealkylation sites (tertiary alicyclic amines) is 1. The average Bonchev–Trinajstić information content (AvgIpc) is 3.31. The van der Waals surface area contributed by atoms with Gasteiger partial charge in [0, 0.05) is 51.2 Å². The number of guanidine groups is 1. The van der Waals surface area contributed by atoms with Gasteiger partial charge in [-0.05, 0) is 37.7 Å². The number of nitrogens with one attached hydrogen (secondary N) is 2. The molecule has 0 spiro atoms. The minimum Gasteiger partial charge on any atom is -0.373 e. The van der Waals surface area contributed by atoms with E-state index in [1.54, 1.807) is 0 Å². The molecule has 2 heterocycles. The summed E-state index contributed by atoms with van der Waals surface area (Å²) in [7, 11) is 1.82. The van der Waals surface area contributed by atoms with Gasteiger partial charge < -0.3 is 20.3 Å². The van der Waals surface area contributed by atoms with E-state index in [9.17, 15) is 4.79 Å². The van der Waals surface area contributed by atoms with E-state index in [-0.39, 0.29) is 18.1 Å². The van der Waals surface area contributed by atoms with Crippen LogP contribution in [0, 0.1) is 11.8 Å². The molecule has 31 heavy (non-hydrogen) atoms. The molecule has 170 valence electrons. The van der Waals surface area contributed by atoms with Gasteiger partial charge in [-0.1, -0.05) is 49.6 Å². The maximum atomic E-state index is 12.8. The number of rotatable bonds is 5. The van der Waals surface area contributed by atoms with E-state index < -0.39 is 0 Å². The highest BCUT2D eigenvalue weighted by molar-refractivity contribution is 5.81. The first-order chi connectivity index (χ1) is 15.2. The van der Waals surface area contributed by atoms with Crippen LogP contribution in [0.4, 0.5) is 0 Å². The third-order valence-electron chi connectivity index (χ3n) is 7.12. The number of aliphatic imine (C=N–C) groups is 1. The first-order valence-electron chi connectivity index (χ1n) is 12.2. The van der Waals surface area contributed by atoms with Crippen LogP contribution >= 0.6 is 0 Å². The number of nitrogens with zero attached hydrogens (tertiary/aromatic N) is 2. The van der Waals surface area contributed by atoms with Crippen molar-refractivity contribution in [1.82, 2.24) is 15.5 Å². The van der Waals surface area contributed by atoms with Crippen molar-refractivity contribution in [2.45, 2.75) is 63.5 Å². The van der Waals surface area contributed by atoms with Crippen LogP contribution in [0.2, 0.25) is 0 Å². The quantitative estimate of drug-likeness (QED) is 0.559. The highest BCUT2D eigenvalue weighted by atomic mass is 16.5. The lowest BCUT2D eigenvalue weighted by atomic mass is 9.88. The molecule has 3 fully saturated rings. The summed E-state index contributed by atoms with van der Waals surface area (Å²) in [6.07, 6.45) is 9.21. The molecule has 0 radical (unpaired) electrons. The van der Waals surface area contributed by atoms with Crippen LogP contribution in [0.5, 0.6) is 0 Å². The average molecular weight is 427 g/mol. The molecule has 3 aliphatic rings. The molecule has 3 unspecified atom stereocenters. The van der Waals surface area contributed by atoms with Crippen molar-refractivity contribution in [3.63, 3.8) is 0 Å². The van der Waals surface area contributed by atoms with Gasteiger partial charge in [-0.2, -0.15) is 0 Å². The van der Waals surface area contributed by atoms with Gasteiger partial charge in [-0.3, -0.25) is 9.79 Å². The fourth-order valence-electron chi connectivity index (χ4n) is 5.37. The molecule has 3 atom stereocenters. The Morgan fingerprint density at radius 2 is 1.90 bits per heavy atom. The normalized spacial score (nSPS) is 27.8. The van der Waals surface area contributed by atoms with Crippen LogP contribution in [0.15, 0.2) is 35.3 Å². The number of amides is 1. The SMILES string of the molecule is CN=C(NCC1CCCOC1c1ccccc1)NC1CCN(C(=O)C2CCCCC2)C1. The Hall–Kier alpha value is -2.08. The van der Waals surface area contributed by atoms with Crippen LogP contribution in [-0.2, 0) is 9.53 Å². The second kappa shape index (κ2) is 11.0. The van der Waals surface area contributed by atoms with Gasteiger partial charge in [-0.25, -0.2) is 0 Å². The zero-order valence-corrected chi connectivity index (χ0v) is 18.9. The van der Waals surface area contributed by atoms with Crippen LogP contribution in [0.1, 0.15) is 63.0 Å². The van der Waals surface area contributed by atoms with Crippen LogP contribution in [0.3, 0.4) is 0 Å². The zero-order valence-electron chi connectivity index (χ0n) is 18.9. The molecular formula is C25H38N4O2. The molecule has 1 aromatic carbocycles. The highest BCUT2D eigenvalue weighted by Gasteiger charge is 2.32. The van der Waals surface area contributed by atoms with Gasteiger partial charge in [0.15, 0.2) is 5.96 Å². The van der Waals surface area contributed by atoms with E-state index in [1.807, 2.05) is 7.05 Å². The number of carbonyl (C=O) groups is 1. The van der Waals surface area contributed by atoms with Gasteiger partial charge in [-0.15, -0.1) is 0 Å². The van der Waals surface area contributed by atoms with Crippen molar-refractivity contribution in [3.8, 4) is 0 Å². The molecule has 1 aliphatic carbocycles. The van der Waals surface area contributed by atoms with E-state index >= 15 is 0 Å². The predicted octanol–water partition coefficient (Wildman–Crippen LogP) is 3.50. The number of hydrogen-bond acceptors (Lipinski definition) is 3. The molecule has 4 rings (SSSR count).